The molecule has 0 radical (unpaired) electrons. The Balaban J connectivity index is 1.49. The molecule has 5 atom stereocenters. The number of ketones is 3. The number of para-hydroxylation sites is 1. The zero-order valence-corrected chi connectivity index (χ0v) is 41.5. The molecule has 4 rings (SSSR count). The molecular formula is C53H74N10O8. The molecule has 18 heteroatoms. The minimum atomic E-state index is -1.28. The van der Waals surface area contributed by atoms with Gasteiger partial charge in [-0.15, -0.1) is 0 Å². The number of aromatic nitrogens is 1. The van der Waals surface area contributed by atoms with Gasteiger partial charge in [-0.3, -0.25) is 38.4 Å². The van der Waals surface area contributed by atoms with Gasteiger partial charge in [0.25, 0.3) is 5.91 Å². The van der Waals surface area contributed by atoms with Crippen molar-refractivity contribution in [1.82, 2.24) is 36.9 Å². The highest BCUT2D eigenvalue weighted by Gasteiger charge is 2.33. The van der Waals surface area contributed by atoms with Gasteiger partial charge in [-0.1, -0.05) is 81.4 Å². The van der Waals surface area contributed by atoms with E-state index in [4.69, 9.17) is 17.2 Å². The number of fused-ring (bicyclic) bond motifs is 1. The average molecular weight is 979 g/mol. The van der Waals surface area contributed by atoms with E-state index in [1.54, 1.807) is 49.5 Å². The Morgan fingerprint density at radius 2 is 1.28 bits per heavy atom. The molecule has 0 unspecified atom stereocenters. The van der Waals surface area contributed by atoms with Crippen molar-refractivity contribution in [2.75, 3.05) is 45.8 Å². The van der Waals surface area contributed by atoms with Crippen LogP contribution in [0.1, 0.15) is 80.4 Å². The van der Waals surface area contributed by atoms with Crippen molar-refractivity contribution < 1.29 is 38.4 Å². The summed E-state index contributed by atoms with van der Waals surface area (Å²) in [5.41, 5.74) is 19.8. The Bertz CT molecular complexity index is 2380. The monoisotopic (exact) mass is 979 g/mol. The van der Waals surface area contributed by atoms with Crippen LogP contribution in [0, 0.1) is 23.7 Å². The fourth-order valence-corrected chi connectivity index (χ4v) is 7.93. The molecular weight excluding hydrogens is 905 g/mol. The van der Waals surface area contributed by atoms with E-state index in [0.717, 1.165) is 16.5 Å². The molecule has 3 aromatic carbocycles. The van der Waals surface area contributed by atoms with Gasteiger partial charge in [0.1, 0.15) is 6.04 Å². The SMILES string of the molecule is CC(C)[C@H](C)CC(=O)[C@@H](C)NC(=O)[C@H](CC(=O)[C@@H](CCC(N)=O)NC(=O)[C@@H](Cc1ccccc1)NC(=O)c1ccc(CC(=O)CNC(=O)C(CNCCN)CNCCN)cc1)Cc1c[nH]c2ccccc12. The van der Waals surface area contributed by atoms with Gasteiger partial charge in [-0.05, 0) is 66.5 Å². The van der Waals surface area contributed by atoms with Gasteiger partial charge < -0.3 is 54.1 Å². The lowest BCUT2D eigenvalue weighted by molar-refractivity contribution is -0.134. The molecule has 0 saturated carbocycles. The van der Waals surface area contributed by atoms with E-state index in [9.17, 15) is 38.4 Å². The number of carbonyl (C=O) groups excluding carboxylic acids is 8. The third-order valence-corrected chi connectivity index (χ3v) is 12.6. The predicted octanol–water partition coefficient (Wildman–Crippen LogP) is 1.77. The van der Waals surface area contributed by atoms with Crippen molar-refractivity contribution in [3.63, 3.8) is 0 Å². The van der Waals surface area contributed by atoms with Gasteiger partial charge in [-0.2, -0.15) is 0 Å². The summed E-state index contributed by atoms with van der Waals surface area (Å²) in [5, 5.41) is 18.2. The number of primary amides is 1. The second-order valence-electron chi connectivity index (χ2n) is 18.6. The van der Waals surface area contributed by atoms with Gasteiger partial charge in [0.2, 0.25) is 23.6 Å². The van der Waals surface area contributed by atoms with E-state index >= 15 is 0 Å². The van der Waals surface area contributed by atoms with Gasteiger partial charge >= 0.3 is 0 Å². The topological polar surface area (TPSA) is 303 Å². The first-order chi connectivity index (χ1) is 34.0. The Morgan fingerprint density at radius 1 is 0.634 bits per heavy atom. The van der Waals surface area contributed by atoms with Gasteiger partial charge in [0, 0.05) is 100.0 Å². The summed E-state index contributed by atoms with van der Waals surface area (Å²) < 4.78 is 0. The van der Waals surface area contributed by atoms with Crippen LogP contribution in [0.5, 0.6) is 0 Å². The number of aromatic amines is 1. The summed E-state index contributed by atoms with van der Waals surface area (Å²) >= 11 is 0. The van der Waals surface area contributed by atoms with Crippen LogP contribution in [0.4, 0.5) is 0 Å². The molecule has 13 N–H and O–H groups in total. The minimum absolute atomic E-state index is 0.0114. The van der Waals surface area contributed by atoms with E-state index in [2.05, 4.69) is 36.9 Å². The van der Waals surface area contributed by atoms with Gasteiger partial charge in [0.15, 0.2) is 17.3 Å². The molecule has 1 aromatic heterocycles. The van der Waals surface area contributed by atoms with Crippen LogP contribution < -0.4 is 49.1 Å². The van der Waals surface area contributed by atoms with Crippen LogP contribution >= 0.6 is 0 Å². The molecule has 4 aromatic rings. The van der Waals surface area contributed by atoms with Crippen LogP contribution in [0.3, 0.4) is 0 Å². The molecule has 0 bridgehead atoms. The molecule has 0 fully saturated rings. The Hall–Kier alpha value is -6.60. The van der Waals surface area contributed by atoms with Crippen molar-refractivity contribution in [3.8, 4) is 0 Å². The van der Waals surface area contributed by atoms with Crippen LogP contribution in [-0.2, 0) is 52.8 Å². The first-order valence-corrected chi connectivity index (χ1v) is 24.5. The maximum atomic E-state index is 14.4. The maximum Gasteiger partial charge on any atom is 0.251 e. The number of amides is 5. The third kappa shape index (κ3) is 19.3. The lowest BCUT2D eigenvalue weighted by Gasteiger charge is -2.25. The quantitative estimate of drug-likeness (QED) is 0.0306. The molecule has 71 heavy (non-hydrogen) atoms. The third-order valence-electron chi connectivity index (χ3n) is 12.6. The molecule has 1 heterocycles. The highest BCUT2D eigenvalue weighted by atomic mass is 16.2. The summed E-state index contributed by atoms with van der Waals surface area (Å²) in [5.74, 6) is -4.82. The Kier molecular flexibility index (Phi) is 23.7. The summed E-state index contributed by atoms with van der Waals surface area (Å²) in [6.07, 6.45) is 1.42. The van der Waals surface area contributed by atoms with E-state index in [1.807, 2.05) is 51.1 Å². The lowest BCUT2D eigenvalue weighted by atomic mass is 9.88. The Morgan fingerprint density at radius 3 is 1.92 bits per heavy atom. The number of hydrogen-bond acceptors (Lipinski definition) is 12. The summed E-state index contributed by atoms with van der Waals surface area (Å²) in [6.45, 7) is 10.1. The van der Waals surface area contributed by atoms with Gasteiger partial charge in [0.05, 0.1) is 24.5 Å². The molecule has 384 valence electrons. The van der Waals surface area contributed by atoms with E-state index in [0.29, 0.717) is 50.4 Å². The van der Waals surface area contributed by atoms with Crippen LogP contribution in [0.25, 0.3) is 10.9 Å². The molecule has 5 amide bonds. The fraction of sp³-hybridized carbons (Fsp3) is 0.472. The van der Waals surface area contributed by atoms with Crippen molar-refractivity contribution in [1.29, 1.82) is 0 Å². The number of nitrogens with one attached hydrogen (secondary N) is 7. The molecule has 18 nitrogen and oxygen atoms in total. The van der Waals surface area contributed by atoms with Crippen molar-refractivity contribution in [2.45, 2.75) is 90.8 Å². The van der Waals surface area contributed by atoms with E-state index in [1.165, 1.54) is 12.1 Å². The van der Waals surface area contributed by atoms with Crippen LogP contribution in [0.15, 0.2) is 85.1 Å². The first kappa shape index (κ1) is 57.0. The number of H-pyrrole nitrogens is 1. The summed E-state index contributed by atoms with van der Waals surface area (Å²) in [4.78, 5) is 111. The number of Topliss-reactive ketones (excluding diaryl/α,β-unsaturated/α-hetero) is 3. The van der Waals surface area contributed by atoms with E-state index in [-0.39, 0.29) is 86.4 Å². The van der Waals surface area contributed by atoms with Crippen LogP contribution in [-0.4, -0.2) is 116 Å². The molecule has 0 aliphatic rings. The standard InChI is InChI=1S/C53H74N10O8/c1-33(2)34(3)24-47(65)35(4)61-52(70)39(27-40-31-59-44-13-9-8-12-43(40)44)28-48(66)45(18-19-49(56)67)62-53(71)46(26-36-10-6-5-7-11-36)63-51(69)38-16-14-37(15-17-38)25-42(64)32-60-50(68)41(29-57-22-20-54)30-58-23-21-55/h5-17,31,33-35,39,41,45-46,57-59H,18-30,32,54-55H2,1-4H3,(H2,56,67)(H,60,68)(H,61,70)(H,62,71)(H,63,69)/t34-,35-,39+,45-,46-/m1/s1. The second-order valence-corrected chi connectivity index (χ2v) is 18.6. The largest absolute Gasteiger partial charge is 0.370 e. The molecule has 0 aliphatic heterocycles. The van der Waals surface area contributed by atoms with Crippen molar-refractivity contribution in [2.24, 2.45) is 40.9 Å². The molecule has 0 spiro atoms. The van der Waals surface area contributed by atoms with Crippen LogP contribution in [0.2, 0.25) is 0 Å². The number of rotatable bonds is 33. The number of carbonyl (C=O) groups is 8. The molecule has 0 saturated heterocycles. The predicted molar refractivity (Wildman–Crippen MR) is 274 cm³/mol. The first-order valence-electron chi connectivity index (χ1n) is 24.5. The number of nitrogens with two attached hydrogens (primary N) is 3. The fourth-order valence-electron chi connectivity index (χ4n) is 7.93. The number of hydrogen-bond donors (Lipinski definition) is 10. The lowest BCUT2D eigenvalue weighted by Crippen LogP contribution is -2.53. The highest BCUT2D eigenvalue weighted by Crippen LogP contribution is 2.24. The molecule has 0 aliphatic carbocycles. The zero-order chi connectivity index (χ0) is 51.9. The highest BCUT2D eigenvalue weighted by molar-refractivity contribution is 6.00. The average Bonchev–Trinajstić information content (AvgIpc) is 3.76. The zero-order valence-electron chi connectivity index (χ0n) is 41.5. The summed E-state index contributed by atoms with van der Waals surface area (Å²) in [6, 6.07) is 19.5. The van der Waals surface area contributed by atoms with Crippen molar-refractivity contribution >= 4 is 57.8 Å². The normalized spacial score (nSPS) is 13.5. The van der Waals surface area contributed by atoms with Crippen molar-refractivity contribution in [3.05, 3.63) is 107 Å². The Labute approximate surface area is 416 Å². The smallest absolute Gasteiger partial charge is 0.251 e. The summed E-state index contributed by atoms with van der Waals surface area (Å²) in [7, 11) is 0. The van der Waals surface area contributed by atoms with E-state index < -0.39 is 59.4 Å². The maximum absolute atomic E-state index is 14.4. The second kappa shape index (κ2) is 29.6. The number of benzene rings is 3. The van der Waals surface area contributed by atoms with Gasteiger partial charge in [-0.25, -0.2) is 0 Å². The minimum Gasteiger partial charge on any atom is -0.370 e.